The highest BCUT2D eigenvalue weighted by atomic mass is 16.5. The van der Waals surface area contributed by atoms with E-state index in [4.69, 9.17) is 4.74 Å². The molecule has 0 aromatic heterocycles. The molecule has 1 fully saturated rings. The third kappa shape index (κ3) is 5.26. The van der Waals surface area contributed by atoms with Crippen molar-refractivity contribution in [1.29, 1.82) is 0 Å². The number of nitrogens with zero attached hydrogens (tertiary/aromatic N) is 2. The molecule has 1 N–H and O–H groups in total. The minimum atomic E-state index is -0.0701. The van der Waals surface area contributed by atoms with Gasteiger partial charge in [0.2, 0.25) is 0 Å². The molecule has 0 unspecified atom stereocenters. The van der Waals surface area contributed by atoms with Crippen molar-refractivity contribution in [2.75, 3.05) is 27.2 Å². The summed E-state index contributed by atoms with van der Waals surface area (Å²) in [7, 11) is 3.50. The van der Waals surface area contributed by atoms with E-state index in [-0.39, 0.29) is 12.1 Å². The zero-order valence-electron chi connectivity index (χ0n) is 17.1. The van der Waals surface area contributed by atoms with E-state index in [1.165, 1.54) is 37.1 Å². The Kier molecular flexibility index (Phi) is 6.93. The molecule has 150 valence electrons. The normalized spacial score (nSPS) is 15.2. The molecule has 1 aliphatic heterocycles. The van der Waals surface area contributed by atoms with E-state index < -0.39 is 0 Å². The Labute approximate surface area is 168 Å². The summed E-state index contributed by atoms with van der Waals surface area (Å²) in [5, 5.41) is 3.08. The summed E-state index contributed by atoms with van der Waals surface area (Å²) in [4.78, 5) is 16.9. The standard InChI is InChI=1S/C23H31N3O2/c1-18(19-10-12-22(28-3)13-11-19)24-23(27)25(2)16-20-8-4-5-9-21(20)17-26-14-6-7-15-26/h4-5,8-13,18H,6-7,14-17H2,1-3H3,(H,24,27)/t18-/m0/s1. The van der Waals surface area contributed by atoms with Gasteiger partial charge in [-0.15, -0.1) is 0 Å². The predicted octanol–water partition coefficient (Wildman–Crippen LogP) is 4.19. The molecule has 1 saturated heterocycles. The van der Waals surface area contributed by atoms with Crippen molar-refractivity contribution >= 4 is 6.03 Å². The Morgan fingerprint density at radius 1 is 1.11 bits per heavy atom. The second-order valence-electron chi connectivity index (χ2n) is 7.55. The summed E-state index contributed by atoms with van der Waals surface area (Å²) in [6.07, 6.45) is 2.57. The first-order valence-electron chi connectivity index (χ1n) is 10.0. The van der Waals surface area contributed by atoms with E-state index in [9.17, 15) is 4.79 Å². The van der Waals surface area contributed by atoms with Gasteiger partial charge in [-0.2, -0.15) is 0 Å². The highest BCUT2D eigenvalue weighted by Crippen LogP contribution is 2.19. The highest BCUT2D eigenvalue weighted by Gasteiger charge is 2.17. The van der Waals surface area contributed by atoms with Crippen molar-refractivity contribution in [3.8, 4) is 5.75 Å². The molecule has 0 aliphatic carbocycles. The summed E-state index contributed by atoms with van der Waals surface area (Å²) >= 11 is 0. The summed E-state index contributed by atoms with van der Waals surface area (Å²) < 4.78 is 5.19. The van der Waals surface area contributed by atoms with Crippen LogP contribution in [0.25, 0.3) is 0 Å². The van der Waals surface area contributed by atoms with Crippen LogP contribution in [0.5, 0.6) is 5.75 Å². The SMILES string of the molecule is COc1ccc([C@H](C)NC(=O)N(C)Cc2ccccc2CN2CCCC2)cc1. The summed E-state index contributed by atoms with van der Waals surface area (Å²) in [5.41, 5.74) is 3.58. The number of benzene rings is 2. The first kappa shape index (κ1) is 20.2. The molecule has 0 bridgehead atoms. The van der Waals surface area contributed by atoms with Gasteiger partial charge in [-0.25, -0.2) is 4.79 Å². The van der Waals surface area contributed by atoms with Gasteiger partial charge in [0.25, 0.3) is 0 Å². The fourth-order valence-electron chi connectivity index (χ4n) is 3.65. The van der Waals surface area contributed by atoms with E-state index in [0.717, 1.165) is 17.9 Å². The van der Waals surface area contributed by atoms with Crippen LogP contribution in [0.3, 0.4) is 0 Å². The Morgan fingerprint density at radius 3 is 2.39 bits per heavy atom. The first-order chi connectivity index (χ1) is 13.6. The Hall–Kier alpha value is -2.53. The number of likely N-dealkylation sites (tertiary alicyclic amines) is 1. The average molecular weight is 382 g/mol. The zero-order chi connectivity index (χ0) is 19.9. The van der Waals surface area contributed by atoms with Crippen molar-refractivity contribution in [2.24, 2.45) is 0 Å². The molecule has 1 atom stereocenters. The van der Waals surface area contributed by atoms with Gasteiger partial charge in [0.1, 0.15) is 5.75 Å². The number of rotatable bonds is 7. The van der Waals surface area contributed by atoms with E-state index in [2.05, 4.69) is 34.5 Å². The maximum atomic E-state index is 12.7. The fourth-order valence-corrected chi connectivity index (χ4v) is 3.65. The highest BCUT2D eigenvalue weighted by molar-refractivity contribution is 5.74. The summed E-state index contributed by atoms with van der Waals surface area (Å²) in [6, 6.07) is 16.1. The second kappa shape index (κ2) is 9.60. The van der Waals surface area contributed by atoms with E-state index in [1.54, 1.807) is 12.0 Å². The lowest BCUT2D eigenvalue weighted by Gasteiger charge is -2.24. The molecular weight excluding hydrogens is 350 g/mol. The lowest BCUT2D eigenvalue weighted by atomic mass is 10.1. The van der Waals surface area contributed by atoms with Crippen molar-refractivity contribution in [2.45, 2.75) is 38.9 Å². The topological polar surface area (TPSA) is 44.8 Å². The van der Waals surface area contributed by atoms with E-state index in [1.807, 2.05) is 38.2 Å². The summed E-state index contributed by atoms with van der Waals surface area (Å²) in [6.45, 7) is 5.90. The number of ether oxygens (including phenoxy) is 1. The average Bonchev–Trinajstić information content (AvgIpc) is 3.22. The number of carbonyl (C=O) groups is 1. The van der Waals surface area contributed by atoms with Gasteiger partial charge >= 0.3 is 6.03 Å². The number of urea groups is 1. The van der Waals surface area contributed by atoms with Crippen LogP contribution in [0.2, 0.25) is 0 Å². The fraction of sp³-hybridized carbons (Fsp3) is 0.435. The second-order valence-corrected chi connectivity index (χ2v) is 7.55. The number of hydrogen-bond donors (Lipinski definition) is 1. The summed E-state index contributed by atoms with van der Waals surface area (Å²) in [5.74, 6) is 0.814. The lowest BCUT2D eigenvalue weighted by Crippen LogP contribution is -2.38. The third-order valence-electron chi connectivity index (χ3n) is 5.42. The molecule has 5 nitrogen and oxygen atoms in total. The quantitative estimate of drug-likeness (QED) is 0.782. The molecule has 0 radical (unpaired) electrons. The number of carbonyl (C=O) groups excluding carboxylic acids is 1. The molecule has 0 saturated carbocycles. The minimum absolute atomic E-state index is 0.0688. The molecule has 1 heterocycles. The molecular formula is C23H31N3O2. The number of methoxy groups -OCH3 is 1. The molecule has 2 amide bonds. The van der Waals surface area contributed by atoms with Crippen molar-refractivity contribution in [3.63, 3.8) is 0 Å². The molecule has 28 heavy (non-hydrogen) atoms. The first-order valence-corrected chi connectivity index (χ1v) is 10.0. The van der Waals surface area contributed by atoms with Gasteiger partial charge in [0.05, 0.1) is 13.2 Å². The number of hydrogen-bond acceptors (Lipinski definition) is 3. The molecule has 3 rings (SSSR count). The lowest BCUT2D eigenvalue weighted by molar-refractivity contribution is 0.203. The molecule has 2 aromatic rings. The van der Waals surface area contributed by atoms with Crippen molar-refractivity contribution < 1.29 is 9.53 Å². The van der Waals surface area contributed by atoms with Crippen LogP contribution in [0, 0.1) is 0 Å². The van der Waals surface area contributed by atoms with Crippen LogP contribution < -0.4 is 10.1 Å². The van der Waals surface area contributed by atoms with E-state index >= 15 is 0 Å². The Balaban J connectivity index is 1.59. The van der Waals surface area contributed by atoms with E-state index in [0.29, 0.717) is 6.54 Å². The Morgan fingerprint density at radius 2 is 1.75 bits per heavy atom. The van der Waals surface area contributed by atoms with Crippen LogP contribution in [-0.2, 0) is 13.1 Å². The maximum absolute atomic E-state index is 12.7. The zero-order valence-corrected chi connectivity index (χ0v) is 17.1. The van der Waals surface area contributed by atoms with Gasteiger partial charge in [0.15, 0.2) is 0 Å². The molecule has 5 heteroatoms. The van der Waals surface area contributed by atoms with Crippen LogP contribution in [0.1, 0.15) is 42.5 Å². The van der Waals surface area contributed by atoms with Gasteiger partial charge < -0.3 is 15.0 Å². The predicted molar refractivity (Wildman–Crippen MR) is 112 cm³/mol. The molecule has 0 spiro atoms. The largest absolute Gasteiger partial charge is 0.497 e. The Bertz CT molecular complexity index is 770. The maximum Gasteiger partial charge on any atom is 0.317 e. The van der Waals surface area contributed by atoms with Gasteiger partial charge in [-0.1, -0.05) is 36.4 Å². The van der Waals surface area contributed by atoms with Gasteiger partial charge in [0, 0.05) is 20.1 Å². The van der Waals surface area contributed by atoms with Gasteiger partial charge in [-0.3, -0.25) is 4.90 Å². The van der Waals surface area contributed by atoms with Crippen LogP contribution in [0.15, 0.2) is 48.5 Å². The van der Waals surface area contributed by atoms with Crippen molar-refractivity contribution in [3.05, 3.63) is 65.2 Å². The molecule has 1 aliphatic rings. The van der Waals surface area contributed by atoms with Gasteiger partial charge in [-0.05, 0) is 61.7 Å². The van der Waals surface area contributed by atoms with Crippen molar-refractivity contribution in [1.82, 2.24) is 15.1 Å². The van der Waals surface area contributed by atoms with Crippen LogP contribution >= 0.6 is 0 Å². The third-order valence-corrected chi connectivity index (χ3v) is 5.42. The monoisotopic (exact) mass is 381 g/mol. The number of nitrogens with one attached hydrogen (secondary N) is 1. The molecule has 2 aromatic carbocycles. The number of amides is 2. The van der Waals surface area contributed by atoms with Crippen LogP contribution in [-0.4, -0.2) is 43.1 Å². The van der Waals surface area contributed by atoms with Crippen LogP contribution in [0.4, 0.5) is 4.79 Å². The smallest absolute Gasteiger partial charge is 0.317 e. The minimum Gasteiger partial charge on any atom is -0.497 e.